The van der Waals surface area contributed by atoms with Gasteiger partial charge in [-0.1, -0.05) is 29.4 Å². The van der Waals surface area contributed by atoms with E-state index in [1.807, 2.05) is 74.7 Å². The lowest BCUT2D eigenvalue weighted by Gasteiger charge is -2.16. The van der Waals surface area contributed by atoms with Crippen LogP contribution in [0.3, 0.4) is 0 Å². The molecule has 0 aliphatic heterocycles. The fraction of sp³-hybridized carbons (Fsp3) is 0.348. The molecule has 1 heterocycles. The van der Waals surface area contributed by atoms with Crippen molar-refractivity contribution in [3.8, 4) is 11.5 Å². The van der Waals surface area contributed by atoms with Gasteiger partial charge >= 0.3 is 0 Å². The molecule has 0 saturated heterocycles. The molecule has 0 aliphatic carbocycles. The summed E-state index contributed by atoms with van der Waals surface area (Å²) < 4.78 is 13.4. The van der Waals surface area contributed by atoms with Crippen molar-refractivity contribution in [2.45, 2.75) is 45.5 Å². The summed E-state index contributed by atoms with van der Waals surface area (Å²) in [5.41, 5.74) is 1.78. The number of carbonyl (C=O) groups excluding carboxylic acids is 1. The minimum Gasteiger partial charge on any atom is -0.494 e. The molecule has 170 valence electrons. The maximum Gasteiger partial charge on any atom is 0.234 e. The third-order valence-corrected chi connectivity index (χ3v) is 5.88. The van der Waals surface area contributed by atoms with Crippen LogP contribution in [0.25, 0.3) is 0 Å². The number of rotatable bonds is 10. The molecule has 0 radical (unpaired) electrons. The van der Waals surface area contributed by atoms with E-state index in [0.29, 0.717) is 40.6 Å². The summed E-state index contributed by atoms with van der Waals surface area (Å²) in [5, 5.41) is 12.7. The normalized spacial score (nSPS) is 11.8. The van der Waals surface area contributed by atoms with Gasteiger partial charge in [-0.25, -0.2) is 0 Å². The van der Waals surface area contributed by atoms with Crippen molar-refractivity contribution in [1.29, 1.82) is 0 Å². The maximum atomic E-state index is 12.4. The number of ether oxygens (including phenoxy) is 2. The van der Waals surface area contributed by atoms with Gasteiger partial charge in [-0.05, 0) is 69.7 Å². The second-order valence-electron chi connectivity index (χ2n) is 7.07. The van der Waals surface area contributed by atoms with Gasteiger partial charge in [0.15, 0.2) is 17.1 Å². The van der Waals surface area contributed by atoms with E-state index in [-0.39, 0.29) is 17.8 Å². The molecule has 0 aliphatic rings. The first-order valence-corrected chi connectivity index (χ1v) is 11.8. The zero-order valence-corrected chi connectivity index (χ0v) is 20.2. The van der Waals surface area contributed by atoms with Crippen molar-refractivity contribution in [2.24, 2.45) is 0 Å². The Morgan fingerprint density at radius 1 is 1.19 bits per heavy atom. The van der Waals surface area contributed by atoms with Crippen LogP contribution >= 0.6 is 23.4 Å². The second-order valence-corrected chi connectivity index (χ2v) is 8.42. The number of hydrogen-bond acceptors (Lipinski definition) is 6. The van der Waals surface area contributed by atoms with Crippen LogP contribution in [0.4, 0.5) is 5.69 Å². The van der Waals surface area contributed by atoms with Gasteiger partial charge in [0.25, 0.3) is 0 Å². The van der Waals surface area contributed by atoms with Crippen LogP contribution in [0.15, 0.2) is 47.6 Å². The molecule has 1 amide bonds. The molecule has 1 aromatic heterocycles. The predicted octanol–water partition coefficient (Wildman–Crippen LogP) is 5.53. The van der Waals surface area contributed by atoms with Crippen LogP contribution in [-0.2, 0) is 11.3 Å². The van der Waals surface area contributed by atoms with Crippen molar-refractivity contribution >= 4 is 35.0 Å². The Labute approximate surface area is 197 Å². The van der Waals surface area contributed by atoms with E-state index in [4.69, 9.17) is 21.1 Å². The first-order valence-electron chi connectivity index (χ1n) is 10.4. The van der Waals surface area contributed by atoms with Crippen LogP contribution in [0.5, 0.6) is 11.5 Å². The van der Waals surface area contributed by atoms with E-state index < -0.39 is 0 Å². The summed E-state index contributed by atoms with van der Waals surface area (Å²) in [7, 11) is 0. The average Bonchev–Trinajstić information content (AvgIpc) is 3.19. The van der Waals surface area contributed by atoms with Gasteiger partial charge in [0.1, 0.15) is 11.5 Å². The van der Waals surface area contributed by atoms with Crippen molar-refractivity contribution in [3.05, 3.63) is 58.9 Å². The number of nitrogens with one attached hydrogen (secondary N) is 1. The highest BCUT2D eigenvalue weighted by atomic mass is 35.5. The summed E-state index contributed by atoms with van der Waals surface area (Å²) in [6.07, 6.45) is -0.353. The monoisotopic (exact) mass is 474 g/mol. The lowest BCUT2D eigenvalue weighted by Crippen LogP contribution is -2.15. The van der Waals surface area contributed by atoms with Gasteiger partial charge in [-0.15, -0.1) is 10.2 Å². The summed E-state index contributed by atoms with van der Waals surface area (Å²) >= 11 is 7.59. The van der Waals surface area contributed by atoms with Gasteiger partial charge in [0.2, 0.25) is 5.91 Å². The summed E-state index contributed by atoms with van der Waals surface area (Å²) in [6, 6.07) is 12.9. The number of carbonyl (C=O) groups is 1. The van der Waals surface area contributed by atoms with Crippen LogP contribution in [-0.4, -0.2) is 33.0 Å². The number of nitrogens with zero attached hydrogens (tertiary/aromatic N) is 3. The lowest BCUT2D eigenvalue weighted by molar-refractivity contribution is -0.113. The Morgan fingerprint density at radius 3 is 2.62 bits per heavy atom. The molecule has 0 spiro atoms. The molecule has 7 nitrogen and oxygen atoms in total. The van der Waals surface area contributed by atoms with Crippen molar-refractivity contribution < 1.29 is 14.3 Å². The minimum atomic E-state index is -0.353. The van der Waals surface area contributed by atoms with E-state index in [1.54, 1.807) is 0 Å². The van der Waals surface area contributed by atoms with Crippen LogP contribution in [0.2, 0.25) is 5.02 Å². The summed E-state index contributed by atoms with van der Waals surface area (Å²) in [5.74, 6) is 2.15. The Kier molecular flexibility index (Phi) is 8.41. The molecule has 1 atom stereocenters. The molecule has 32 heavy (non-hydrogen) atoms. The first-order chi connectivity index (χ1) is 15.4. The Balaban J connectivity index is 1.61. The Bertz CT molecular complexity index is 1060. The van der Waals surface area contributed by atoms with Crippen LogP contribution in [0, 0.1) is 6.92 Å². The quantitative estimate of drug-likeness (QED) is 0.389. The lowest BCUT2D eigenvalue weighted by atomic mass is 10.2. The van der Waals surface area contributed by atoms with E-state index in [9.17, 15) is 4.79 Å². The van der Waals surface area contributed by atoms with E-state index in [0.717, 1.165) is 11.3 Å². The molecule has 0 fully saturated rings. The van der Waals surface area contributed by atoms with Crippen molar-refractivity contribution in [1.82, 2.24) is 14.8 Å². The topological polar surface area (TPSA) is 78.3 Å². The minimum absolute atomic E-state index is 0.123. The Morgan fingerprint density at radius 2 is 1.94 bits per heavy atom. The molecule has 1 unspecified atom stereocenters. The second kappa shape index (κ2) is 11.2. The van der Waals surface area contributed by atoms with Crippen molar-refractivity contribution in [3.63, 3.8) is 0 Å². The number of aromatic nitrogens is 3. The molecule has 2 aromatic carbocycles. The number of benzene rings is 2. The zero-order chi connectivity index (χ0) is 23.1. The largest absolute Gasteiger partial charge is 0.494 e. The number of hydrogen-bond donors (Lipinski definition) is 1. The highest BCUT2D eigenvalue weighted by molar-refractivity contribution is 7.99. The molecular weight excluding hydrogens is 448 g/mol. The summed E-state index contributed by atoms with van der Waals surface area (Å²) in [6.45, 7) is 9.07. The number of thioether (sulfide) groups is 1. The fourth-order valence-electron chi connectivity index (χ4n) is 3.08. The zero-order valence-electron chi connectivity index (χ0n) is 18.6. The number of aryl methyl sites for hydroxylation is 1. The smallest absolute Gasteiger partial charge is 0.234 e. The Hall–Kier alpha value is -2.71. The highest BCUT2D eigenvalue weighted by Crippen LogP contribution is 2.30. The van der Waals surface area contributed by atoms with E-state index in [2.05, 4.69) is 15.5 Å². The molecule has 9 heteroatoms. The maximum absolute atomic E-state index is 12.4. The number of anilines is 1. The third kappa shape index (κ3) is 6.17. The average molecular weight is 475 g/mol. The first kappa shape index (κ1) is 23.9. The SMILES string of the molecule is CCOc1ccc(NC(=O)CSc2nnc(C(C)Oc3cc(C)ccc3Cl)n2CC)cc1. The van der Waals surface area contributed by atoms with Gasteiger partial charge in [0.05, 0.1) is 17.4 Å². The van der Waals surface area contributed by atoms with E-state index >= 15 is 0 Å². The standard InChI is InChI=1S/C23H27ClN4O3S/c1-5-28-22(16(4)31-20-13-15(3)7-12-19(20)24)26-27-23(28)32-14-21(29)25-17-8-10-18(11-9-17)30-6-2/h7-13,16H,5-6,14H2,1-4H3,(H,25,29). The number of halogens is 1. The molecule has 3 aromatic rings. The number of amides is 1. The third-order valence-electron chi connectivity index (χ3n) is 4.60. The highest BCUT2D eigenvalue weighted by Gasteiger charge is 2.20. The van der Waals surface area contributed by atoms with Gasteiger partial charge in [-0.2, -0.15) is 0 Å². The van der Waals surface area contributed by atoms with Gasteiger partial charge < -0.3 is 19.4 Å². The van der Waals surface area contributed by atoms with Gasteiger partial charge in [-0.3, -0.25) is 4.79 Å². The van der Waals surface area contributed by atoms with E-state index in [1.165, 1.54) is 11.8 Å². The molecule has 0 saturated carbocycles. The summed E-state index contributed by atoms with van der Waals surface area (Å²) in [4.78, 5) is 12.4. The van der Waals surface area contributed by atoms with Crippen LogP contribution < -0.4 is 14.8 Å². The van der Waals surface area contributed by atoms with Crippen molar-refractivity contribution in [2.75, 3.05) is 17.7 Å². The molecule has 3 rings (SSSR count). The fourth-order valence-corrected chi connectivity index (χ4v) is 4.05. The molecule has 1 N–H and O–H groups in total. The van der Waals surface area contributed by atoms with Gasteiger partial charge in [0, 0.05) is 12.2 Å². The predicted molar refractivity (Wildman–Crippen MR) is 128 cm³/mol. The molecule has 0 bridgehead atoms. The molecular formula is C23H27ClN4O3S. The van der Waals surface area contributed by atoms with Crippen LogP contribution in [0.1, 0.15) is 38.3 Å².